The molecule has 1 nitrogen and oxygen atoms in total. The van der Waals surface area contributed by atoms with Crippen molar-refractivity contribution in [3.05, 3.63) is 145 Å². The Bertz CT molecular complexity index is 3030. The van der Waals surface area contributed by atoms with Gasteiger partial charge in [-0.1, -0.05) is 151 Å². The first-order valence-corrected chi connectivity index (χ1v) is 19.0. The maximum atomic E-state index is 4.13. The topological polar surface area (TPSA) is 15.8 Å². The zero-order valence-electron chi connectivity index (χ0n) is 31.2. The van der Waals surface area contributed by atoms with Crippen molar-refractivity contribution < 1.29 is 0 Å². The third kappa shape index (κ3) is 4.31. The summed E-state index contributed by atoms with van der Waals surface area (Å²) in [7, 11) is 0. The lowest BCUT2D eigenvalue weighted by Crippen LogP contribution is -2.11. The molecule has 254 valence electrons. The third-order valence-electron chi connectivity index (χ3n) is 12.2. The first-order chi connectivity index (χ1) is 25.5. The maximum Gasteiger partial charge on any atom is 0.0545 e. The first-order valence-electron chi connectivity index (χ1n) is 19.0. The third-order valence-corrected chi connectivity index (χ3v) is 12.2. The van der Waals surface area contributed by atoms with Crippen LogP contribution in [0.4, 0.5) is 0 Å². The minimum absolute atomic E-state index is 0.0349. The highest BCUT2D eigenvalue weighted by Gasteiger charge is 2.25. The second-order valence-corrected chi connectivity index (χ2v) is 17.5. The van der Waals surface area contributed by atoms with Gasteiger partial charge in [-0.2, -0.15) is 0 Å². The molecule has 0 aliphatic rings. The fourth-order valence-corrected chi connectivity index (χ4v) is 9.33. The van der Waals surface area contributed by atoms with E-state index in [1.807, 2.05) is 0 Å². The fraction of sp³-hybridized carbons (Fsp3) is 0.154. The molecule has 10 aromatic carbocycles. The average molecular weight is 680 g/mol. The minimum Gasteiger partial charge on any atom is -0.353 e. The monoisotopic (exact) mass is 679 g/mol. The van der Waals surface area contributed by atoms with Crippen LogP contribution in [0.5, 0.6) is 0 Å². The molecule has 0 aliphatic carbocycles. The van der Waals surface area contributed by atoms with Crippen molar-refractivity contribution in [2.75, 3.05) is 0 Å². The summed E-state index contributed by atoms with van der Waals surface area (Å²) in [5, 5.41) is 18.4. The van der Waals surface area contributed by atoms with Crippen LogP contribution in [0, 0.1) is 0 Å². The van der Waals surface area contributed by atoms with E-state index in [9.17, 15) is 0 Å². The van der Waals surface area contributed by atoms with Crippen LogP contribution in [0.1, 0.15) is 52.7 Å². The quantitative estimate of drug-likeness (QED) is 0.175. The van der Waals surface area contributed by atoms with Crippen LogP contribution < -0.4 is 0 Å². The summed E-state index contributed by atoms with van der Waals surface area (Å²) < 4.78 is 0. The standard InChI is InChI=1S/C52H41N/c1-51(2,3)35-25-41(37-21-17-33-15-13-29-9-7-11-31-19-23-39(37)47(33)45(29)31)49-43(27-35)44-28-36(52(4,5)6)26-42(50(44)53-49)38-22-18-34-16-14-30-10-8-12-32-20-24-40(38)48(34)46(30)32/h7-28,53H,1-6H3. The Morgan fingerprint density at radius 2 is 0.660 bits per heavy atom. The normalized spacial score (nSPS) is 13.1. The number of hydrogen-bond donors (Lipinski definition) is 1. The van der Waals surface area contributed by atoms with Crippen LogP contribution in [-0.4, -0.2) is 4.98 Å². The zero-order valence-corrected chi connectivity index (χ0v) is 31.2. The molecule has 0 bridgehead atoms. The van der Waals surface area contributed by atoms with Crippen LogP contribution in [-0.2, 0) is 10.8 Å². The SMILES string of the molecule is CC(C)(C)c1cc(-c2ccc3ccc4cccc5ccc2c3c45)c2[nH]c3c(-c4ccc5ccc6cccc7ccc4c5c67)cc(C(C)(C)C)cc3c2c1. The molecule has 0 spiro atoms. The molecular weight excluding hydrogens is 639 g/mol. The van der Waals surface area contributed by atoms with E-state index in [-0.39, 0.29) is 10.8 Å². The van der Waals surface area contributed by atoms with Gasteiger partial charge in [-0.3, -0.25) is 0 Å². The fourth-order valence-electron chi connectivity index (χ4n) is 9.33. The summed E-state index contributed by atoms with van der Waals surface area (Å²) in [4.78, 5) is 4.13. The molecule has 1 heteroatoms. The highest BCUT2D eigenvalue weighted by Crippen LogP contribution is 2.47. The highest BCUT2D eigenvalue weighted by atomic mass is 14.7. The minimum atomic E-state index is -0.0349. The van der Waals surface area contributed by atoms with Crippen LogP contribution in [0.15, 0.2) is 133 Å². The first kappa shape index (κ1) is 30.7. The Labute approximate surface area is 309 Å². The number of fused-ring (bicyclic) bond motifs is 3. The Balaban J connectivity index is 1.28. The van der Waals surface area contributed by atoms with Crippen molar-refractivity contribution in [2.45, 2.75) is 52.4 Å². The van der Waals surface area contributed by atoms with Crippen LogP contribution in [0.2, 0.25) is 0 Å². The number of aromatic amines is 1. The van der Waals surface area contributed by atoms with Crippen molar-refractivity contribution >= 4 is 86.4 Å². The lowest BCUT2D eigenvalue weighted by atomic mass is 9.81. The number of benzene rings is 10. The van der Waals surface area contributed by atoms with Gasteiger partial charge in [-0.05, 0) is 122 Å². The number of nitrogens with one attached hydrogen (secondary N) is 1. The molecule has 0 amide bonds. The van der Waals surface area contributed by atoms with Crippen molar-refractivity contribution in [2.24, 2.45) is 0 Å². The molecule has 11 aromatic rings. The van der Waals surface area contributed by atoms with Crippen LogP contribution in [0.3, 0.4) is 0 Å². The number of H-pyrrole nitrogens is 1. The van der Waals surface area contributed by atoms with Gasteiger partial charge in [0.05, 0.1) is 11.0 Å². The molecule has 0 unspecified atom stereocenters. The van der Waals surface area contributed by atoms with E-state index in [2.05, 4.69) is 180 Å². The molecule has 1 aromatic heterocycles. The number of aromatic nitrogens is 1. The molecule has 1 N–H and O–H groups in total. The van der Waals surface area contributed by atoms with Gasteiger partial charge >= 0.3 is 0 Å². The Hall–Kier alpha value is -5.92. The van der Waals surface area contributed by atoms with Crippen LogP contribution >= 0.6 is 0 Å². The highest BCUT2D eigenvalue weighted by molar-refractivity contribution is 6.29. The Morgan fingerprint density at radius 1 is 0.321 bits per heavy atom. The lowest BCUT2D eigenvalue weighted by molar-refractivity contribution is 0.590. The predicted octanol–water partition coefficient (Wildman–Crippen LogP) is 15.0. The summed E-state index contributed by atoms with van der Waals surface area (Å²) in [6.45, 7) is 14.0. The summed E-state index contributed by atoms with van der Waals surface area (Å²) in [6, 6.07) is 51.0. The summed E-state index contributed by atoms with van der Waals surface area (Å²) in [6.07, 6.45) is 0. The number of rotatable bonds is 2. The molecule has 0 aliphatic heterocycles. The molecule has 0 saturated carbocycles. The van der Waals surface area contributed by atoms with Crippen molar-refractivity contribution in [3.8, 4) is 22.3 Å². The van der Waals surface area contributed by atoms with Gasteiger partial charge in [0.2, 0.25) is 0 Å². The van der Waals surface area contributed by atoms with E-state index in [1.165, 1.54) is 120 Å². The van der Waals surface area contributed by atoms with Crippen LogP contribution in [0.25, 0.3) is 109 Å². The second-order valence-electron chi connectivity index (χ2n) is 17.5. The predicted molar refractivity (Wildman–Crippen MR) is 231 cm³/mol. The van der Waals surface area contributed by atoms with Crippen molar-refractivity contribution in [3.63, 3.8) is 0 Å². The molecule has 0 saturated heterocycles. The molecule has 0 radical (unpaired) electrons. The van der Waals surface area contributed by atoms with Gasteiger partial charge in [-0.15, -0.1) is 0 Å². The molecular formula is C52H41N. The van der Waals surface area contributed by atoms with E-state index in [4.69, 9.17) is 0 Å². The zero-order chi connectivity index (χ0) is 36.0. The average Bonchev–Trinajstić information content (AvgIpc) is 3.53. The Kier molecular flexibility index (Phi) is 6.00. The van der Waals surface area contributed by atoms with E-state index in [0.717, 1.165) is 0 Å². The van der Waals surface area contributed by atoms with Gasteiger partial charge in [-0.25, -0.2) is 0 Å². The van der Waals surface area contributed by atoms with Gasteiger partial charge in [0, 0.05) is 21.9 Å². The smallest absolute Gasteiger partial charge is 0.0545 e. The summed E-state index contributed by atoms with van der Waals surface area (Å²) >= 11 is 0. The summed E-state index contributed by atoms with van der Waals surface area (Å²) in [5.41, 5.74) is 10.1. The maximum absolute atomic E-state index is 4.13. The molecule has 11 rings (SSSR count). The second kappa shape index (κ2) is 10.4. The van der Waals surface area contributed by atoms with E-state index in [1.54, 1.807) is 0 Å². The largest absolute Gasteiger partial charge is 0.353 e. The number of hydrogen-bond acceptors (Lipinski definition) is 0. The Morgan fingerprint density at radius 3 is 1.04 bits per heavy atom. The summed E-state index contributed by atoms with van der Waals surface area (Å²) in [5.74, 6) is 0. The van der Waals surface area contributed by atoms with Gasteiger partial charge in [0.1, 0.15) is 0 Å². The van der Waals surface area contributed by atoms with Gasteiger partial charge < -0.3 is 4.98 Å². The molecule has 1 heterocycles. The van der Waals surface area contributed by atoms with Crippen molar-refractivity contribution in [1.82, 2.24) is 4.98 Å². The van der Waals surface area contributed by atoms with Gasteiger partial charge in [0.25, 0.3) is 0 Å². The van der Waals surface area contributed by atoms with E-state index >= 15 is 0 Å². The molecule has 0 fully saturated rings. The van der Waals surface area contributed by atoms with E-state index in [0.29, 0.717) is 0 Å². The van der Waals surface area contributed by atoms with Crippen molar-refractivity contribution in [1.29, 1.82) is 0 Å². The van der Waals surface area contributed by atoms with Gasteiger partial charge in [0.15, 0.2) is 0 Å². The van der Waals surface area contributed by atoms with E-state index < -0.39 is 0 Å². The molecule has 0 atom stereocenters. The lowest BCUT2D eigenvalue weighted by Gasteiger charge is -2.22. The molecule has 53 heavy (non-hydrogen) atoms.